The first-order valence-corrected chi connectivity index (χ1v) is 11.8. The number of carbonyl (C=O) groups excluding carboxylic acids is 2. The second-order valence-electron chi connectivity index (χ2n) is 7.85. The Labute approximate surface area is 180 Å². The van der Waals surface area contributed by atoms with Gasteiger partial charge in [0.2, 0.25) is 15.9 Å². The molecule has 2 saturated heterocycles. The van der Waals surface area contributed by atoms with Gasteiger partial charge < -0.3 is 10.2 Å². The molecule has 2 aliphatic heterocycles. The van der Waals surface area contributed by atoms with Crippen molar-refractivity contribution in [1.29, 1.82) is 0 Å². The molecule has 0 aliphatic carbocycles. The zero-order valence-electron chi connectivity index (χ0n) is 17.0. The lowest BCUT2D eigenvalue weighted by Gasteiger charge is -2.25. The number of nitrogens with zero attached hydrogens (tertiary/aromatic N) is 2. The number of benzene rings is 2. The summed E-state index contributed by atoms with van der Waals surface area (Å²) in [6.45, 7) is 1.28. The van der Waals surface area contributed by atoms with Crippen molar-refractivity contribution < 1.29 is 22.4 Å². The lowest BCUT2D eigenvalue weighted by atomic mass is 10.2. The van der Waals surface area contributed by atoms with Crippen molar-refractivity contribution in [2.45, 2.75) is 36.6 Å². The van der Waals surface area contributed by atoms with Crippen molar-refractivity contribution in [2.75, 3.05) is 24.5 Å². The molecule has 2 fully saturated rings. The van der Waals surface area contributed by atoms with Gasteiger partial charge in [-0.15, -0.1) is 0 Å². The van der Waals surface area contributed by atoms with Crippen molar-refractivity contribution in [1.82, 2.24) is 9.62 Å². The smallest absolute Gasteiger partial charge is 0.251 e. The SMILES string of the molecule is O=C(N[C@@H]1CC(=O)N(c2cccc(F)c2)C1)c1ccc(S(=O)(=O)N2CCCCC2)cc1. The molecule has 2 aliphatic rings. The van der Waals surface area contributed by atoms with Crippen molar-refractivity contribution in [3.05, 3.63) is 59.9 Å². The van der Waals surface area contributed by atoms with Gasteiger partial charge in [0.25, 0.3) is 5.91 Å². The van der Waals surface area contributed by atoms with Gasteiger partial charge in [0, 0.05) is 37.3 Å². The van der Waals surface area contributed by atoms with Crippen LogP contribution < -0.4 is 10.2 Å². The Hall–Kier alpha value is -2.78. The summed E-state index contributed by atoms with van der Waals surface area (Å²) in [5.74, 6) is -1.02. The number of sulfonamides is 1. The largest absolute Gasteiger partial charge is 0.347 e. The fraction of sp³-hybridized carbons (Fsp3) is 0.364. The summed E-state index contributed by atoms with van der Waals surface area (Å²) in [4.78, 5) is 26.5. The van der Waals surface area contributed by atoms with E-state index in [1.807, 2.05) is 0 Å². The Bertz CT molecular complexity index is 1080. The van der Waals surface area contributed by atoms with Crippen LogP contribution in [0.4, 0.5) is 10.1 Å². The van der Waals surface area contributed by atoms with E-state index in [-0.39, 0.29) is 29.7 Å². The van der Waals surface area contributed by atoms with Crippen molar-refractivity contribution in [3.8, 4) is 0 Å². The third kappa shape index (κ3) is 4.62. The average Bonchev–Trinajstić information content (AvgIpc) is 3.14. The Balaban J connectivity index is 1.40. The van der Waals surface area contributed by atoms with Crippen LogP contribution in [0.5, 0.6) is 0 Å². The molecular formula is C22H24FN3O4S. The first-order chi connectivity index (χ1) is 14.8. The highest BCUT2D eigenvalue weighted by atomic mass is 32.2. The second kappa shape index (κ2) is 8.76. The first kappa shape index (κ1) is 21.5. The number of hydrogen-bond acceptors (Lipinski definition) is 4. The number of nitrogens with one attached hydrogen (secondary N) is 1. The molecule has 7 nitrogen and oxygen atoms in total. The van der Waals surface area contributed by atoms with Crippen LogP contribution in [0.25, 0.3) is 0 Å². The maximum absolute atomic E-state index is 13.5. The van der Waals surface area contributed by atoms with E-state index in [0.717, 1.165) is 19.3 Å². The Kier molecular flexibility index (Phi) is 6.06. The van der Waals surface area contributed by atoms with Crippen LogP contribution in [0, 0.1) is 5.82 Å². The van der Waals surface area contributed by atoms with Crippen LogP contribution in [0.3, 0.4) is 0 Å². The summed E-state index contributed by atoms with van der Waals surface area (Å²) in [7, 11) is -3.56. The predicted octanol–water partition coefficient (Wildman–Crippen LogP) is 2.54. The number of rotatable bonds is 5. The highest BCUT2D eigenvalue weighted by Gasteiger charge is 2.32. The molecule has 31 heavy (non-hydrogen) atoms. The zero-order chi connectivity index (χ0) is 22.0. The number of amides is 2. The van der Waals surface area contributed by atoms with Gasteiger partial charge in [-0.05, 0) is 55.3 Å². The molecule has 1 atom stereocenters. The number of hydrogen-bond donors (Lipinski definition) is 1. The molecule has 0 radical (unpaired) electrons. The molecule has 1 N–H and O–H groups in total. The zero-order valence-corrected chi connectivity index (χ0v) is 17.8. The summed E-state index contributed by atoms with van der Waals surface area (Å²) in [6.07, 6.45) is 2.86. The van der Waals surface area contributed by atoms with E-state index >= 15 is 0 Å². The van der Waals surface area contributed by atoms with E-state index in [4.69, 9.17) is 0 Å². The molecule has 2 amide bonds. The second-order valence-corrected chi connectivity index (χ2v) is 9.79. The number of carbonyl (C=O) groups is 2. The molecule has 2 aromatic rings. The Morgan fingerprint density at radius 2 is 1.74 bits per heavy atom. The average molecular weight is 446 g/mol. The normalized spacial score (nSPS) is 20.1. The van der Waals surface area contributed by atoms with E-state index in [9.17, 15) is 22.4 Å². The van der Waals surface area contributed by atoms with Gasteiger partial charge in [0.05, 0.1) is 10.9 Å². The molecule has 2 heterocycles. The van der Waals surface area contributed by atoms with Gasteiger partial charge >= 0.3 is 0 Å². The highest BCUT2D eigenvalue weighted by molar-refractivity contribution is 7.89. The molecule has 0 spiro atoms. The van der Waals surface area contributed by atoms with Crippen LogP contribution >= 0.6 is 0 Å². The molecule has 0 bridgehead atoms. The minimum atomic E-state index is -3.56. The van der Waals surface area contributed by atoms with E-state index in [1.165, 1.54) is 51.7 Å². The number of piperidine rings is 1. The van der Waals surface area contributed by atoms with E-state index in [2.05, 4.69) is 5.32 Å². The van der Waals surface area contributed by atoms with Gasteiger partial charge in [-0.25, -0.2) is 12.8 Å². The molecular weight excluding hydrogens is 421 g/mol. The summed E-state index contributed by atoms with van der Waals surface area (Å²) in [5.41, 5.74) is 0.767. The Morgan fingerprint density at radius 3 is 2.42 bits per heavy atom. The Morgan fingerprint density at radius 1 is 1.03 bits per heavy atom. The van der Waals surface area contributed by atoms with E-state index in [0.29, 0.717) is 24.3 Å². The summed E-state index contributed by atoms with van der Waals surface area (Å²) < 4.78 is 40.4. The van der Waals surface area contributed by atoms with Crippen LogP contribution in [0.2, 0.25) is 0 Å². The lowest BCUT2D eigenvalue weighted by molar-refractivity contribution is -0.117. The lowest BCUT2D eigenvalue weighted by Crippen LogP contribution is -2.37. The fourth-order valence-electron chi connectivity index (χ4n) is 4.00. The predicted molar refractivity (Wildman–Crippen MR) is 114 cm³/mol. The topological polar surface area (TPSA) is 86.8 Å². The van der Waals surface area contributed by atoms with Crippen molar-refractivity contribution >= 4 is 27.5 Å². The maximum Gasteiger partial charge on any atom is 0.251 e. The molecule has 4 rings (SSSR count). The van der Waals surface area contributed by atoms with Crippen LogP contribution in [0.15, 0.2) is 53.4 Å². The highest BCUT2D eigenvalue weighted by Crippen LogP contribution is 2.23. The third-order valence-electron chi connectivity index (χ3n) is 5.65. The van der Waals surface area contributed by atoms with Crippen LogP contribution in [-0.4, -0.2) is 50.2 Å². The standard InChI is InChI=1S/C22H24FN3O4S/c23-17-5-4-6-19(13-17)26-15-18(14-21(26)27)24-22(28)16-7-9-20(10-8-16)31(29,30)25-11-2-1-3-12-25/h4-10,13,18H,1-3,11-12,14-15H2,(H,24,28)/t18-/m1/s1. The van der Waals surface area contributed by atoms with Crippen LogP contribution in [0.1, 0.15) is 36.0 Å². The quantitative estimate of drug-likeness (QED) is 0.766. The van der Waals surface area contributed by atoms with Gasteiger partial charge in [0.1, 0.15) is 5.82 Å². The molecule has 0 aromatic heterocycles. The molecule has 0 unspecified atom stereocenters. The van der Waals surface area contributed by atoms with E-state index in [1.54, 1.807) is 6.07 Å². The molecule has 2 aromatic carbocycles. The number of anilines is 1. The fourth-order valence-corrected chi connectivity index (χ4v) is 5.52. The summed E-state index contributed by atoms with van der Waals surface area (Å²) in [5, 5.41) is 2.81. The monoisotopic (exact) mass is 445 g/mol. The summed E-state index contributed by atoms with van der Waals surface area (Å²) >= 11 is 0. The van der Waals surface area contributed by atoms with Gasteiger partial charge in [-0.3, -0.25) is 9.59 Å². The maximum atomic E-state index is 13.5. The molecule has 9 heteroatoms. The first-order valence-electron chi connectivity index (χ1n) is 10.3. The van der Waals surface area contributed by atoms with Gasteiger partial charge in [0.15, 0.2) is 0 Å². The minimum Gasteiger partial charge on any atom is -0.347 e. The van der Waals surface area contributed by atoms with Gasteiger partial charge in [-0.1, -0.05) is 12.5 Å². The van der Waals surface area contributed by atoms with Crippen LogP contribution in [-0.2, 0) is 14.8 Å². The van der Waals surface area contributed by atoms with Crippen molar-refractivity contribution in [3.63, 3.8) is 0 Å². The van der Waals surface area contributed by atoms with E-state index < -0.39 is 21.9 Å². The van der Waals surface area contributed by atoms with Gasteiger partial charge in [-0.2, -0.15) is 4.31 Å². The molecule has 0 saturated carbocycles. The third-order valence-corrected chi connectivity index (χ3v) is 7.56. The summed E-state index contributed by atoms with van der Waals surface area (Å²) in [6, 6.07) is 11.2. The minimum absolute atomic E-state index is 0.115. The van der Waals surface area contributed by atoms with Crippen molar-refractivity contribution in [2.24, 2.45) is 0 Å². The molecule has 164 valence electrons. The number of halogens is 1.